The highest BCUT2D eigenvalue weighted by Crippen LogP contribution is 2.25. The van der Waals surface area contributed by atoms with Gasteiger partial charge in [-0.25, -0.2) is 8.42 Å². The molecule has 158 valence electrons. The molecule has 0 spiro atoms. The Bertz CT molecular complexity index is 984. The zero-order valence-corrected chi connectivity index (χ0v) is 17.4. The fourth-order valence-electron chi connectivity index (χ4n) is 4.11. The van der Waals surface area contributed by atoms with E-state index in [-0.39, 0.29) is 23.5 Å². The number of carbonyl (C=O) groups excluding carboxylic acids is 1. The van der Waals surface area contributed by atoms with Crippen LogP contribution in [-0.4, -0.2) is 59.5 Å². The van der Waals surface area contributed by atoms with E-state index < -0.39 is 10.0 Å². The quantitative estimate of drug-likeness (QED) is 0.754. The molecule has 1 aromatic heterocycles. The molecule has 0 unspecified atom stereocenters. The maximum atomic E-state index is 13.0. The summed E-state index contributed by atoms with van der Waals surface area (Å²) in [6, 6.07) is 4.88. The Balaban J connectivity index is 1.49. The first-order valence-corrected chi connectivity index (χ1v) is 11.7. The van der Waals surface area contributed by atoms with Crippen molar-refractivity contribution in [3.05, 3.63) is 18.2 Å². The van der Waals surface area contributed by atoms with Crippen molar-refractivity contribution in [1.29, 1.82) is 0 Å². The molecule has 2 aromatic rings. The summed E-state index contributed by atoms with van der Waals surface area (Å²) in [5.41, 5.74) is 0.928. The Hall–Kier alpha value is -2.20. The van der Waals surface area contributed by atoms with Gasteiger partial charge in [0, 0.05) is 19.1 Å². The lowest BCUT2D eigenvalue weighted by molar-refractivity contribution is -0.127. The minimum atomic E-state index is -3.60. The highest BCUT2D eigenvalue weighted by atomic mass is 32.2. The minimum absolute atomic E-state index is 0.182. The van der Waals surface area contributed by atoms with E-state index in [1.54, 1.807) is 12.1 Å². The molecule has 2 heterocycles. The van der Waals surface area contributed by atoms with E-state index in [0.717, 1.165) is 43.4 Å². The van der Waals surface area contributed by atoms with Crippen molar-refractivity contribution in [3.8, 4) is 0 Å². The number of sulfonamides is 1. The lowest BCUT2D eigenvalue weighted by Crippen LogP contribution is -2.39. The molecule has 9 nitrogen and oxygen atoms in total. The van der Waals surface area contributed by atoms with Gasteiger partial charge >= 0.3 is 0 Å². The second kappa shape index (κ2) is 8.27. The van der Waals surface area contributed by atoms with Gasteiger partial charge in [-0.05, 0) is 55.0 Å². The predicted molar refractivity (Wildman–Crippen MR) is 107 cm³/mol. The SMILES string of the molecule is C[C@H]1CCCN(S(=O)(=O)c2ccc3nnn(OCC(=O)NC4CCCC4)c3c2)C1. The van der Waals surface area contributed by atoms with Crippen LogP contribution in [0.4, 0.5) is 0 Å². The summed E-state index contributed by atoms with van der Waals surface area (Å²) in [5, 5.41) is 10.8. The number of benzene rings is 1. The van der Waals surface area contributed by atoms with Crippen molar-refractivity contribution >= 4 is 27.0 Å². The van der Waals surface area contributed by atoms with Crippen LogP contribution < -0.4 is 10.2 Å². The van der Waals surface area contributed by atoms with Crippen LogP contribution in [0.15, 0.2) is 23.1 Å². The Morgan fingerprint density at radius 2 is 2.03 bits per heavy atom. The lowest BCUT2D eigenvalue weighted by Gasteiger charge is -2.30. The number of carbonyl (C=O) groups is 1. The smallest absolute Gasteiger partial charge is 0.260 e. The summed E-state index contributed by atoms with van der Waals surface area (Å²) in [6.45, 7) is 2.92. The number of aromatic nitrogens is 3. The Morgan fingerprint density at radius 1 is 1.24 bits per heavy atom. The monoisotopic (exact) mass is 421 g/mol. The van der Waals surface area contributed by atoms with Gasteiger partial charge in [-0.3, -0.25) is 4.79 Å². The number of nitrogens with one attached hydrogen (secondary N) is 1. The van der Waals surface area contributed by atoms with Gasteiger partial charge in [0.2, 0.25) is 10.0 Å². The summed E-state index contributed by atoms with van der Waals surface area (Å²) in [4.78, 5) is 18.9. The standard InChI is InChI=1S/C19H27N5O4S/c1-14-5-4-10-23(12-14)29(26,27)16-8-9-17-18(11-16)24(22-21-17)28-13-19(25)20-15-6-2-3-7-15/h8-9,11,14-15H,2-7,10,12-13H2,1H3,(H,20,25)/t14-/m0/s1. The molecule has 1 saturated carbocycles. The fourth-order valence-corrected chi connectivity index (χ4v) is 5.73. The van der Waals surface area contributed by atoms with E-state index in [1.807, 2.05) is 0 Å². The molecule has 2 aliphatic rings. The molecule has 1 saturated heterocycles. The topological polar surface area (TPSA) is 106 Å². The van der Waals surface area contributed by atoms with Crippen LogP contribution in [0, 0.1) is 5.92 Å². The number of hydrogen-bond donors (Lipinski definition) is 1. The average molecular weight is 422 g/mol. The van der Waals surface area contributed by atoms with Crippen molar-refractivity contribution in [2.45, 2.75) is 56.4 Å². The number of hydrogen-bond acceptors (Lipinski definition) is 6. The largest absolute Gasteiger partial charge is 0.385 e. The molecule has 1 aliphatic carbocycles. The number of fused-ring (bicyclic) bond motifs is 1. The molecular formula is C19H27N5O4S. The third kappa shape index (κ3) is 4.37. The van der Waals surface area contributed by atoms with Crippen molar-refractivity contribution in [1.82, 2.24) is 24.8 Å². The van der Waals surface area contributed by atoms with Crippen LogP contribution in [0.3, 0.4) is 0 Å². The molecule has 29 heavy (non-hydrogen) atoms. The third-order valence-electron chi connectivity index (χ3n) is 5.68. The van der Waals surface area contributed by atoms with Crippen molar-refractivity contribution in [2.24, 2.45) is 5.92 Å². The van der Waals surface area contributed by atoms with E-state index in [2.05, 4.69) is 22.6 Å². The molecule has 1 amide bonds. The van der Waals surface area contributed by atoms with Crippen LogP contribution in [0.1, 0.15) is 45.4 Å². The first kappa shape index (κ1) is 20.1. The molecule has 1 N–H and O–H groups in total. The highest BCUT2D eigenvalue weighted by molar-refractivity contribution is 7.89. The molecule has 10 heteroatoms. The molecule has 1 atom stereocenters. The average Bonchev–Trinajstić information content (AvgIpc) is 3.35. The fraction of sp³-hybridized carbons (Fsp3) is 0.632. The lowest BCUT2D eigenvalue weighted by atomic mass is 10.0. The summed E-state index contributed by atoms with van der Waals surface area (Å²) in [7, 11) is -3.60. The predicted octanol–water partition coefficient (Wildman–Crippen LogP) is 1.34. The highest BCUT2D eigenvalue weighted by Gasteiger charge is 2.29. The van der Waals surface area contributed by atoms with E-state index in [4.69, 9.17) is 4.84 Å². The van der Waals surface area contributed by atoms with Crippen molar-refractivity contribution < 1.29 is 18.0 Å². The zero-order valence-electron chi connectivity index (χ0n) is 16.6. The van der Waals surface area contributed by atoms with Gasteiger partial charge in [0.1, 0.15) is 11.0 Å². The molecular weight excluding hydrogens is 394 g/mol. The number of piperidine rings is 1. The maximum absolute atomic E-state index is 13.0. The molecule has 1 aromatic carbocycles. The number of amides is 1. The summed E-state index contributed by atoms with van der Waals surface area (Å²) >= 11 is 0. The number of rotatable bonds is 6. The number of nitrogens with zero attached hydrogens (tertiary/aromatic N) is 4. The van der Waals surface area contributed by atoms with Gasteiger partial charge in [0.15, 0.2) is 6.61 Å². The molecule has 1 aliphatic heterocycles. The zero-order chi connectivity index (χ0) is 20.4. The van der Waals surface area contributed by atoms with Crippen LogP contribution in [0.5, 0.6) is 0 Å². The molecule has 0 radical (unpaired) electrons. The summed E-state index contributed by atoms with van der Waals surface area (Å²) in [5.74, 6) is 0.128. The van der Waals surface area contributed by atoms with E-state index >= 15 is 0 Å². The Labute approximate surface area is 170 Å². The van der Waals surface area contributed by atoms with E-state index in [0.29, 0.717) is 30.0 Å². The molecule has 2 fully saturated rings. The van der Waals surface area contributed by atoms with Gasteiger partial charge in [-0.15, -0.1) is 5.10 Å². The molecule has 0 bridgehead atoms. The second-order valence-corrected chi connectivity index (χ2v) is 9.98. The van der Waals surface area contributed by atoms with Gasteiger partial charge in [0.25, 0.3) is 5.91 Å². The van der Waals surface area contributed by atoms with Crippen LogP contribution >= 0.6 is 0 Å². The van der Waals surface area contributed by atoms with Crippen LogP contribution in [0.2, 0.25) is 0 Å². The van der Waals surface area contributed by atoms with Crippen LogP contribution in [-0.2, 0) is 14.8 Å². The minimum Gasteiger partial charge on any atom is -0.385 e. The first-order valence-electron chi connectivity index (χ1n) is 10.2. The van der Waals surface area contributed by atoms with Gasteiger partial charge < -0.3 is 10.2 Å². The summed E-state index contributed by atoms with van der Waals surface area (Å²) < 4.78 is 27.6. The van der Waals surface area contributed by atoms with Crippen LogP contribution in [0.25, 0.3) is 11.0 Å². The second-order valence-electron chi connectivity index (χ2n) is 8.05. The molecule has 4 rings (SSSR count). The Kier molecular flexibility index (Phi) is 5.73. The van der Waals surface area contributed by atoms with Crippen molar-refractivity contribution in [3.63, 3.8) is 0 Å². The normalized spacial score (nSPS) is 21.5. The van der Waals surface area contributed by atoms with E-state index in [9.17, 15) is 13.2 Å². The maximum Gasteiger partial charge on any atom is 0.260 e. The third-order valence-corrected chi connectivity index (χ3v) is 7.54. The first-order chi connectivity index (χ1) is 13.9. The van der Waals surface area contributed by atoms with Gasteiger partial charge in [-0.1, -0.05) is 24.6 Å². The Morgan fingerprint density at radius 3 is 2.79 bits per heavy atom. The van der Waals surface area contributed by atoms with E-state index in [1.165, 1.54) is 10.4 Å². The van der Waals surface area contributed by atoms with Crippen molar-refractivity contribution in [2.75, 3.05) is 19.7 Å². The van der Waals surface area contributed by atoms with Gasteiger partial charge in [0.05, 0.1) is 4.90 Å². The summed E-state index contributed by atoms with van der Waals surface area (Å²) in [6.07, 6.45) is 6.15. The van der Waals surface area contributed by atoms with Gasteiger partial charge in [-0.2, -0.15) is 4.31 Å².